The zero-order chi connectivity index (χ0) is 18.2. The molecule has 0 amide bonds. The molecule has 0 saturated carbocycles. The summed E-state index contributed by atoms with van der Waals surface area (Å²) in [6, 6.07) is 15.5. The van der Waals surface area contributed by atoms with Gasteiger partial charge in [-0.1, -0.05) is 48.5 Å². The summed E-state index contributed by atoms with van der Waals surface area (Å²) < 4.78 is 45.3. The number of rotatable bonds is 2. The van der Waals surface area contributed by atoms with Gasteiger partial charge in [0, 0.05) is 10.0 Å². The number of hydrogen-bond acceptors (Lipinski definition) is 2. The van der Waals surface area contributed by atoms with Gasteiger partial charge < -0.3 is 4.74 Å². The molecule has 2 nitrogen and oxygen atoms in total. The van der Waals surface area contributed by atoms with Crippen molar-refractivity contribution >= 4 is 32.0 Å². The Morgan fingerprint density at radius 1 is 1.08 bits per heavy atom. The molecule has 0 spiro atoms. The number of para-hydroxylation sites is 1. The largest absolute Gasteiger partial charge is 0.425 e. The standard InChI is InChI=1S/C19H14BrF3O2/c1-18(11-19(21,22)23)15(16(20)12-7-3-2-4-8-12)13-9-5-6-10-14(13)25-17(18)24/h2-10H,11H2,1H3. The summed E-state index contributed by atoms with van der Waals surface area (Å²) in [4.78, 5) is 12.5. The number of carbonyl (C=O) groups is 1. The van der Waals surface area contributed by atoms with Crippen LogP contribution in [-0.2, 0) is 4.79 Å². The molecule has 0 bridgehead atoms. The molecule has 0 radical (unpaired) electrons. The first-order valence-electron chi connectivity index (χ1n) is 7.56. The van der Waals surface area contributed by atoms with Gasteiger partial charge in [0.15, 0.2) is 0 Å². The molecule has 1 unspecified atom stereocenters. The normalized spacial score (nSPS) is 22.2. The van der Waals surface area contributed by atoms with Crippen molar-refractivity contribution in [1.82, 2.24) is 0 Å². The fourth-order valence-corrected chi connectivity index (χ4v) is 3.94. The van der Waals surface area contributed by atoms with Crippen molar-refractivity contribution in [1.29, 1.82) is 0 Å². The molecule has 2 aromatic rings. The summed E-state index contributed by atoms with van der Waals surface area (Å²) in [5.41, 5.74) is -0.399. The summed E-state index contributed by atoms with van der Waals surface area (Å²) in [5, 5.41) is 0. The Balaban J connectivity index is 2.29. The summed E-state index contributed by atoms with van der Waals surface area (Å²) in [6.07, 6.45) is -5.82. The highest BCUT2D eigenvalue weighted by Crippen LogP contribution is 2.53. The lowest BCUT2D eigenvalue weighted by Crippen LogP contribution is -2.40. The maximum Gasteiger partial charge on any atom is 0.390 e. The van der Waals surface area contributed by atoms with Gasteiger partial charge in [0.2, 0.25) is 0 Å². The van der Waals surface area contributed by atoms with Crippen molar-refractivity contribution in [2.75, 3.05) is 0 Å². The van der Waals surface area contributed by atoms with Gasteiger partial charge in [-0.05, 0) is 40.1 Å². The van der Waals surface area contributed by atoms with E-state index in [1.54, 1.807) is 48.5 Å². The van der Waals surface area contributed by atoms with E-state index in [-0.39, 0.29) is 11.3 Å². The third-order valence-electron chi connectivity index (χ3n) is 4.16. The Hall–Kier alpha value is -2.08. The molecule has 3 rings (SSSR count). The predicted octanol–water partition coefficient (Wildman–Crippen LogP) is 5.83. The molecule has 0 N–H and O–H groups in total. The first-order chi connectivity index (χ1) is 11.7. The smallest absolute Gasteiger partial charge is 0.390 e. The lowest BCUT2D eigenvalue weighted by molar-refractivity contribution is -0.168. The number of benzene rings is 2. The highest BCUT2D eigenvalue weighted by atomic mass is 79.9. The minimum atomic E-state index is -4.52. The van der Waals surface area contributed by atoms with E-state index < -0.39 is 24.0 Å². The number of hydrogen-bond donors (Lipinski definition) is 0. The number of ether oxygens (including phenoxy) is 1. The number of fused-ring (bicyclic) bond motifs is 1. The monoisotopic (exact) mass is 410 g/mol. The van der Waals surface area contributed by atoms with Crippen LogP contribution >= 0.6 is 15.9 Å². The van der Waals surface area contributed by atoms with Crippen molar-refractivity contribution in [2.24, 2.45) is 5.41 Å². The van der Waals surface area contributed by atoms with E-state index in [1.165, 1.54) is 6.92 Å². The van der Waals surface area contributed by atoms with Gasteiger partial charge in [0.25, 0.3) is 0 Å². The summed E-state index contributed by atoms with van der Waals surface area (Å²) >= 11 is 3.43. The van der Waals surface area contributed by atoms with Crippen molar-refractivity contribution < 1.29 is 22.7 Å². The molecule has 1 atom stereocenters. The fraction of sp³-hybridized carbons (Fsp3) is 0.211. The van der Waals surface area contributed by atoms with E-state index in [0.717, 1.165) is 0 Å². The average molecular weight is 411 g/mol. The second-order valence-corrected chi connectivity index (χ2v) is 6.86. The lowest BCUT2D eigenvalue weighted by Gasteiger charge is -2.36. The Bertz CT molecular complexity index is 843. The van der Waals surface area contributed by atoms with Crippen molar-refractivity contribution in [2.45, 2.75) is 19.5 Å². The SMILES string of the molecule is CC1(CC(F)(F)F)C(=O)Oc2ccccc2C1=C(Br)c1ccccc1. The topological polar surface area (TPSA) is 26.3 Å². The van der Waals surface area contributed by atoms with E-state index in [1.807, 2.05) is 6.07 Å². The van der Waals surface area contributed by atoms with Gasteiger partial charge >= 0.3 is 12.1 Å². The molecule has 1 aliphatic heterocycles. The number of alkyl halides is 3. The van der Waals surface area contributed by atoms with Gasteiger partial charge in [-0.25, -0.2) is 0 Å². The number of halogens is 4. The third-order valence-corrected chi connectivity index (χ3v) is 5.02. The van der Waals surface area contributed by atoms with E-state index in [0.29, 0.717) is 15.6 Å². The first kappa shape index (κ1) is 17.7. The minimum absolute atomic E-state index is 0.259. The van der Waals surface area contributed by atoms with Crippen LogP contribution in [0.25, 0.3) is 10.1 Å². The van der Waals surface area contributed by atoms with Crippen molar-refractivity contribution in [3.05, 3.63) is 65.7 Å². The Morgan fingerprint density at radius 2 is 1.68 bits per heavy atom. The lowest BCUT2D eigenvalue weighted by atomic mass is 9.73. The highest BCUT2D eigenvalue weighted by molar-refractivity contribution is 9.15. The van der Waals surface area contributed by atoms with E-state index in [4.69, 9.17) is 4.74 Å². The molecule has 1 heterocycles. The van der Waals surface area contributed by atoms with Crippen LogP contribution in [0.3, 0.4) is 0 Å². The molecule has 0 aromatic heterocycles. The summed E-state index contributed by atoms with van der Waals surface area (Å²) in [6.45, 7) is 1.28. The van der Waals surface area contributed by atoms with Crippen LogP contribution in [0.4, 0.5) is 13.2 Å². The number of esters is 1. The van der Waals surface area contributed by atoms with Gasteiger partial charge in [0.1, 0.15) is 11.2 Å². The van der Waals surface area contributed by atoms with Crippen LogP contribution in [0.15, 0.2) is 54.6 Å². The van der Waals surface area contributed by atoms with Crippen LogP contribution in [0.5, 0.6) is 5.75 Å². The maximum atomic E-state index is 13.2. The van der Waals surface area contributed by atoms with Crippen LogP contribution in [0, 0.1) is 5.41 Å². The van der Waals surface area contributed by atoms with Crippen LogP contribution in [0.1, 0.15) is 24.5 Å². The summed E-state index contributed by atoms with van der Waals surface area (Å²) in [5.74, 6) is -0.651. The van der Waals surface area contributed by atoms with Crippen LogP contribution < -0.4 is 4.74 Å². The van der Waals surface area contributed by atoms with E-state index >= 15 is 0 Å². The summed E-state index contributed by atoms with van der Waals surface area (Å²) in [7, 11) is 0. The van der Waals surface area contributed by atoms with Gasteiger partial charge in [0.05, 0.1) is 6.42 Å². The van der Waals surface area contributed by atoms with Gasteiger partial charge in [-0.15, -0.1) is 0 Å². The van der Waals surface area contributed by atoms with Crippen LogP contribution in [-0.4, -0.2) is 12.1 Å². The molecular weight excluding hydrogens is 397 g/mol. The van der Waals surface area contributed by atoms with Gasteiger partial charge in [-0.3, -0.25) is 4.79 Å². The van der Waals surface area contributed by atoms with Crippen LogP contribution in [0.2, 0.25) is 0 Å². The second kappa shape index (κ2) is 6.33. The number of carbonyl (C=O) groups excluding carboxylic acids is 1. The molecule has 0 fully saturated rings. The maximum absolute atomic E-state index is 13.2. The molecular formula is C19H14BrF3O2. The second-order valence-electron chi connectivity index (χ2n) is 6.06. The zero-order valence-corrected chi connectivity index (χ0v) is 14.8. The third kappa shape index (κ3) is 3.35. The van der Waals surface area contributed by atoms with E-state index in [2.05, 4.69) is 15.9 Å². The molecule has 130 valence electrons. The fourth-order valence-electron chi connectivity index (χ4n) is 3.02. The Morgan fingerprint density at radius 3 is 2.32 bits per heavy atom. The molecule has 0 aliphatic carbocycles. The quantitative estimate of drug-likeness (QED) is 0.459. The Labute approximate surface area is 151 Å². The zero-order valence-electron chi connectivity index (χ0n) is 13.2. The predicted molar refractivity (Wildman–Crippen MR) is 93.0 cm³/mol. The Kier molecular flexibility index (Phi) is 4.49. The van der Waals surface area contributed by atoms with Crippen molar-refractivity contribution in [3.8, 4) is 5.75 Å². The molecule has 6 heteroatoms. The molecule has 0 saturated heterocycles. The molecule has 1 aliphatic rings. The van der Waals surface area contributed by atoms with Gasteiger partial charge in [-0.2, -0.15) is 13.2 Å². The molecule has 25 heavy (non-hydrogen) atoms. The first-order valence-corrected chi connectivity index (χ1v) is 8.36. The van der Waals surface area contributed by atoms with Crippen molar-refractivity contribution in [3.63, 3.8) is 0 Å². The highest BCUT2D eigenvalue weighted by Gasteiger charge is 2.52. The van der Waals surface area contributed by atoms with E-state index in [9.17, 15) is 18.0 Å². The average Bonchev–Trinajstić information content (AvgIpc) is 2.55. The molecule has 2 aromatic carbocycles. The minimum Gasteiger partial charge on any atom is -0.425 e.